The molecule has 1 saturated heterocycles. The molecule has 1 atom stereocenters. The van der Waals surface area contributed by atoms with E-state index in [0.717, 1.165) is 26.2 Å². The molecule has 1 N–H and O–H groups in total. The first-order chi connectivity index (χ1) is 10.2. The molecule has 0 radical (unpaired) electrons. The minimum absolute atomic E-state index is 0.264. The van der Waals surface area contributed by atoms with Crippen LogP contribution in [0.15, 0.2) is 24.3 Å². The fourth-order valence-corrected chi connectivity index (χ4v) is 2.88. The Kier molecular flexibility index (Phi) is 6.21. The molecule has 0 aromatic heterocycles. The van der Waals surface area contributed by atoms with Gasteiger partial charge in [-0.3, -0.25) is 4.90 Å². The van der Waals surface area contributed by atoms with Crippen molar-refractivity contribution in [2.24, 2.45) is 0 Å². The van der Waals surface area contributed by atoms with Crippen molar-refractivity contribution in [3.8, 4) is 0 Å². The lowest BCUT2D eigenvalue weighted by molar-refractivity contribution is 0.0600. The van der Waals surface area contributed by atoms with Gasteiger partial charge in [-0.05, 0) is 24.1 Å². The van der Waals surface area contributed by atoms with Crippen molar-refractivity contribution in [1.29, 1.82) is 0 Å². The Morgan fingerprint density at radius 2 is 2.33 bits per heavy atom. The Morgan fingerprint density at radius 3 is 3.10 bits per heavy atom. The lowest BCUT2D eigenvalue weighted by atomic mass is 10.0. The molecule has 1 fully saturated rings. The maximum absolute atomic E-state index is 11.6. The summed E-state index contributed by atoms with van der Waals surface area (Å²) in [5, 5.41) is 3.48. The number of rotatable bonds is 6. The number of carbonyl (C=O) groups is 1. The summed E-state index contributed by atoms with van der Waals surface area (Å²) in [5.74, 6) is -0.264. The van der Waals surface area contributed by atoms with Gasteiger partial charge in [-0.25, -0.2) is 4.79 Å². The van der Waals surface area contributed by atoms with Crippen LogP contribution in [-0.2, 0) is 11.3 Å². The second-order valence-electron chi connectivity index (χ2n) is 5.66. The van der Waals surface area contributed by atoms with E-state index in [9.17, 15) is 4.79 Å². The van der Waals surface area contributed by atoms with Gasteiger partial charge in [0.05, 0.1) is 12.7 Å². The molecular formula is C17H26N2O2. The van der Waals surface area contributed by atoms with Crippen molar-refractivity contribution in [2.75, 3.05) is 26.7 Å². The maximum atomic E-state index is 11.6. The third-order valence-corrected chi connectivity index (χ3v) is 4.10. The minimum Gasteiger partial charge on any atom is -0.465 e. The highest BCUT2D eigenvalue weighted by Gasteiger charge is 2.21. The summed E-state index contributed by atoms with van der Waals surface area (Å²) >= 11 is 0. The van der Waals surface area contributed by atoms with Gasteiger partial charge in [0, 0.05) is 32.2 Å². The van der Waals surface area contributed by atoms with Crippen LogP contribution in [-0.4, -0.2) is 43.7 Å². The summed E-state index contributed by atoms with van der Waals surface area (Å²) < 4.78 is 4.79. The zero-order chi connectivity index (χ0) is 15.1. The molecule has 0 bridgehead atoms. The monoisotopic (exact) mass is 290 g/mol. The Balaban J connectivity index is 2.03. The van der Waals surface area contributed by atoms with E-state index >= 15 is 0 Å². The summed E-state index contributed by atoms with van der Waals surface area (Å²) in [6.07, 6.45) is 3.74. The van der Waals surface area contributed by atoms with Crippen molar-refractivity contribution < 1.29 is 9.53 Å². The Morgan fingerprint density at radius 1 is 1.48 bits per heavy atom. The Labute approximate surface area is 127 Å². The minimum atomic E-state index is -0.264. The zero-order valence-corrected chi connectivity index (χ0v) is 13.1. The van der Waals surface area contributed by atoms with Gasteiger partial charge in [-0.15, -0.1) is 0 Å². The van der Waals surface area contributed by atoms with E-state index in [1.807, 2.05) is 18.2 Å². The molecule has 0 spiro atoms. The molecule has 21 heavy (non-hydrogen) atoms. The Hall–Kier alpha value is -1.39. The maximum Gasteiger partial charge on any atom is 0.337 e. The van der Waals surface area contributed by atoms with Crippen LogP contribution < -0.4 is 5.32 Å². The smallest absolute Gasteiger partial charge is 0.337 e. The van der Waals surface area contributed by atoms with Crippen LogP contribution in [0.5, 0.6) is 0 Å². The fourth-order valence-electron chi connectivity index (χ4n) is 2.88. The summed E-state index contributed by atoms with van der Waals surface area (Å²) in [6, 6.07) is 8.38. The lowest BCUT2D eigenvalue weighted by Gasteiger charge is -2.36. The standard InChI is InChI=1S/C17H26N2O2/c1-3-4-8-16-12-18-9-10-19(16)13-14-6-5-7-15(11-14)17(20)21-2/h5-7,11,16,18H,3-4,8-10,12-13H2,1-2H3/t16-/m0/s1. The van der Waals surface area contributed by atoms with E-state index < -0.39 is 0 Å². The molecule has 1 aliphatic rings. The number of nitrogens with one attached hydrogen (secondary N) is 1. The molecule has 1 aromatic carbocycles. The van der Waals surface area contributed by atoms with Crippen molar-refractivity contribution in [2.45, 2.75) is 38.8 Å². The predicted molar refractivity (Wildman–Crippen MR) is 84.4 cm³/mol. The highest BCUT2D eigenvalue weighted by molar-refractivity contribution is 5.89. The van der Waals surface area contributed by atoms with E-state index in [0.29, 0.717) is 11.6 Å². The van der Waals surface area contributed by atoms with Gasteiger partial charge in [0.1, 0.15) is 0 Å². The van der Waals surface area contributed by atoms with Crippen molar-refractivity contribution in [3.63, 3.8) is 0 Å². The molecule has 1 aromatic rings. The van der Waals surface area contributed by atoms with Gasteiger partial charge in [0.2, 0.25) is 0 Å². The lowest BCUT2D eigenvalue weighted by Crippen LogP contribution is -2.50. The van der Waals surface area contributed by atoms with Gasteiger partial charge in [-0.2, -0.15) is 0 Å². The predicted octanol–water partition coefficient (Wildman–Crippen LogP) is 2.44. The number of hydrogen-bond donors (Lipinski definition) is 1. The third-order valence-electron chi connectivity index (χ3n) is 4.10. The number of benzene rings is 1. The molecule has 4 nitrogen and oxygen atoms in total. The third kappa shape index (κ3) is 4.55. The average molecular weight is 290 g/mol. The van der Waals surface area contributed by atoms with Gasteiger partial charge >= 0.3 is 5.97 Å². The first-order valence-corrected chi connectivity index (χ1v) is 7.86. The zero-order valence-electron chi connectivity index (χ0n) is 13.1. The van der Waals surface area contributed by atoms with Crippen LogP contribution in [0, 0.1) is 0 Å². The molecule has 0 unspecified atom stereocenters. The quantitative estimate of drug-likeness (QED) is 0.817. The van der Waals surface area contributed by atoms with E-state index in [-0.39, 0.29) is 5.97 Å². The van der Waals surface area contributed by atoms with Crippen molar-refractivity contribution >= 4 is 5.97 Å². The summed E-state index contributed by atoms with van der Waals surface area (Å²) in [5.41, 5.74) is 1.82. The molecule has 4 heteroatoms. The van der Waals surface area contributed by atoms with Crippen LogP contribution in [0.25, 0.3) is 0 Å². The SMILES string of the molecule is CCCC[C@H]1CNCCN1Cc1cccc(C(=O)OC)c1. The number of carbonyl (C=O) groups excluding carboxylic acids is 1. The van der Waals surface area contributed by atoms with Gasteiger partial charge in [0.15, 0.2) is 0 Å². The first kappa shape index (κ1) is 16.0. The fraction of sp³-hybridized carbons (Fsp3) is 0.588. The van der Waals surface area contributed by atoms with E-state index in [1.54, 1.807) is 0 Å². The van der Waals surface area contributed by atoms with E-state index in [1.165, 1.54) is 31.9 Å². The molecule has 0 amide bonds. The largest absolute Gasteiger partial charge is 0.465 e. The highest BCUT2D eigenvalue weighted by atomic mass is 16.5. The van der Waals surface area contributed by atoms with Gasteiger partial charge in [-0.1, -0.05) is 31.9 Å². The second kappa shape index (κ2) is 8.15. The molecule has 1 heterocycles. The van der Waals surface area contributed by atoms with Crippen LogP contribution in [0.3, 0.4) is 0 Å². The second-order valence-corrected chi connectivity index (χ2v) is 5.66. The first-order valence-electron chi connectivity index (χ1n) is 7.86. The van der Waals surface area contributed by atoms with E-state index in [4.69, 9.17) is 4.74 Å². The number of unbranched alkanes of at least 4 members (excludes halogenated alkanes) is 1. The topological polar surface area (TPSA) is 41.6 Å². The number of hydrogen-bond acceptors (Lipinski definition) is 4. The van der Waals surface area contributed by atoms with Crippen LogP contribution in [0.1, 0.15) is 42.1 Å². The molecule has 116 valence electrons. The van der Waals surface area contributed by atoms with Crippen LogP contribution in [0.4, 0.5) is 0 Å². The highest BCUT2D eigenvalue weighted by Crippen LogP contribution is 2.16. The number of esters is 1. The normalized spacial score (nSPS) is 19.4. The average Bonchev–Trinajstić information content (AvgIpc) is 2.53. The molecule has 1 aliphatic heterocycles. The molecule has 2 rings (SSSR count). The Bertz CT molecular complexity index is 462. The number of nitrogens with zero attached hydrogens (tertiary/aromatic N) is 1. The summed E-state index contributed by atoms with van der Waals surface area (Å²) in [4.78, 5) is 14.1. The number of piperazine rings is 1. The molecular weight excluding hydrogens is 264 g/mol. The van der Waals surface area contributed by atoms with Gasteiger partial charge < -0.3 is 10.1 Å². The van der Waals surface area contributed by atoms with Crippen molar-refractivity contribution in [3.05, 3.63) is 35.4 Å². The molecule has 0 aliphatic carbocycles. The van der Waals surface area contributed by atoms with Crippen LogP contribution >= 0.6 is 0 Å². The van der Waals surface area contributed by atoms with Crippen LogP contribution in [0.2, 0.25) is 0 Å². The van der Waals surface area contributed by atoms with E-state index in [2.05, 4.69) is 23.2 Å². The van der Waals surface area contributed by atoms with Gasteiger partial charge in [0.25, 0.3) is 0 Å². The summed E-state index contributed by atoms with van der Waals surface area (Å²) in [7, 11) is 1.42. The van der Waals surface area contributed by atoms with Crippen molar-refractivity contribution in [1.82, 2.24) is 10.2 Å². The number of methoxy groups -OCH3 is 1. The number of ether oxygens (including phenoxy) is 1. The molecule has 0 saturated carbocycles. The summed E-state index contributed by atoms with van der Waals surface area (Å²) in [6.45, 7) is 6.31.